The molecule has 0 radical (unpaired) electrons. The molecule has 7 nitrogen and oxygen atoms in total. The second-order valence-corrected chi connectivity index (χ2v) is 8.07. The van der Waals surface area contributed by atoms with Crippen LogP contribution in [0.15, 0.2) is 59.8 Å². The van der Waals surface area contributed by atoms with E-state index in [0.29, 0.717) is 25.8 Å². The number of sulfonamides is 1. The van der Waals surface area contributed by atoms with Crippen LogP contribution in [-0.4, -0.2) is 34.2 Å². The van der Waals surface area contributed by atoms with Crippen LogP contribution in [0.1, 0.15) is 23.6 Å². The van der Waals surface area contributed by atoms with Gasteiger partial charge in [0.05, 0.1) is 0 Å². The van der Waals surface area contributed by atoms with E-state index in [1.807, 2.05) is 34.9 Å². The van der Waals surface area contributed by atoms with Gasteiger partial charge < -0.3 is 4.57 Å². The van der Waals surface area contributed by atoms with E-state index < -0.39 is 10.0 Å². The summed E-state index contributed by atoms with van der Waals surface area (Å²) in [5, 5.41) is 8.58. The van der Waals surface area contributed by atoms with Gasteiger partial charge in [-0.15, -0.1) is 10.2 Å². The number of hydrogen-bond acceptors (Lipinski definition) is 5. The number of hydrogen-bond donors (Lipinski definition) is 1. The summed E-state index contributed by atoms with van der Waals surface area (Å²) in [6.07, 6.45) is 4.98. The SMILES string of the molecule is O=S(=O)(N[C@@H]1CCc2nnc(Cc3ccccc3)n2C1)c1cccnc1. The van der Waals surface area contributed by atoms with Crippen LogP contribution in [0, 0.1) is 0 Å². The number of rotatable bonds is 5. The molecule has 0 amide bonds. The van der Waals surface area contributed by atoms with Crippen LogP contribution in [-0.2, 0) is 29.4 Å². The Bertz CT molecular complexity index is 987. The van der Waals surface area contributed by atoms with E-state index in [2.05, 4.69) is 19.9 Å². The van der Waals surface area contributed by atoms with Crippen molar-refractivity contribution in [3.63, 3.8) is 0 Å². The van der Waals surface area contributed by atoms with Gasteiger partial charge in [-0.25, -0.2) is 13.1 Å². The molecule has 0 fully saturated rings. The molecular weight excluding hydrogens is 350 g/mol. The lowest BCUT2D eigenvalue weighted by Gasteiger charge is -2.25. The van der Waals surface area contributed by atoms with E-state index in [1.165, 1.54) is 6.20 Å². The van der Waals surface area contributed by atoms with Crippen molar-refractivity contribution in [3.8, 4) is 0 Å². The van der Waals surface area contributed by atoms with Crippen molar-refractivity contribution < 1.29 is 8.42 Å². The minimum absolute atomic E-state index is 0.180. The first-order chi connectivity index (χ1) is 12.6. The molecule has 26 heavy (non-hydrogen) atoms. The number of aromatic nitrogens is 4. The molecule has 1 aromatic carbocycles. The summed E-state index contributed by atoms with van der Waals surface area (Å²) in [5.41, 5.74) is 1.15. The molecular formula is C18H19N5O2S. The Hall–Kier alpha value is -2.58. The first-order valence-electron chi connectivity index (χ1n) is 8.49. The molecule has 134 valence electrons. The maximum absolute atomic E-state index is 12.5. The maximum Gasteiger partial charge on any atom is 0.242 e. The normalized spacial score (nSPS) is 17.0. The van der Waals surface area contributed by atoms with Crippen LogP contribution in [0.2, 0.25) is 0 Å². The van der Waals surface area contributed by atoms with E-state index >= 15 is 0 Å². The quantitative estimate of drug-likeness (QED) is 0.737. The van der Waals surface area contributed by atoms with Crippen molar-refractivity contribution in [1.82, 2.24) is 24.5 Å². The van der Waals surface area contributed by atoms with Crippen molar-refractivity contribution in [2.45, 2.75) is 36.7 Å². The van der Waals surface area contributed by atoms with Gasteiger partial charge in [0.2, 0.25) is 10.0 Å². The average Bonchev–Trinajstić information content (AvgIpc) is 3.05. The Morgan fingerprint density at radius 1 is 1.12 bits per heavy atom. The van der Waals surface area contributed by atoms with Crippen LogP contribution >= 0.6 is 0 Å². The minimum atomic E-state index is -3.58. The fourth-order valence-electron chi connectivity index (χ4n) is 3.18. The first-order valence-corrected chi connectivity index (χ1v) is 9.97. The number of pyridine rings is 1. The molecule has 4 rings (SSSR count). The molecule has 1 aliphatic rings. The molecule has 2 aromatic heterocycles. The highest BCUT2D eigenvalue weighted by molar-refractivity contribution is 7.89. The third-order valence-electron chi connectivity index (χ3n) is 4.49. The van der Waals surface area contributed by atoms with Gasteiger partial charge in [-0.3, -0.25) is 4.98 Å². The minimum Gasteiger partial charge on any atom is -0.313 e. The Morgan fingerprint density at radius 2 is 1.96 bits per heavy atom. The maximum atomic E-state index is 12.5. The molecule has 0 spiro atoms. The molecule has 0 saturated heterocycles. The number of fused-ring (bicyclic) bond motifs is 1. The van der Waals surface area contributed by atoms with Gasteiger partial charge in [0.25, 0.3) is 0 Å². The molecule has 3 heterocycles. The number of benzene rings is 1. The smallest absolute Gasteiger partial charge is 0.242 e. The summed E-state index contributed by atoms with van der Waals surface area (Å²) in [6.45, 7) is 0.532. The number of nitrogens with zero attached hydrogens (tertiary/aromatic N) is 4. The summed E-state index contributed by atoms with van der Waals surface area (Å²) in [5.74, 6) is 1.77. The topological polar surface area (TPSA) is 89.8 Å². The highest BCUT2D eigenvalue weighted by atomic mass is 32.2. The summed E-state index contributed by atoms with van der Waals surface area (Å²) in [7, 11) is -3.58. The van der Waals surface area contributed by atoms with E-state index in [1.54, 1.807) is 18.3 Å². The van der Waals surface area contributed by atoms with Crippen LogP contribution in [0.3, 0.4) is 0 Å². The average molecular weight is 369 g/mol. The van der Waals surface area contributed by atoms with Crippen molar-refractivity contribution in [1.29, 1.82) is 0 Å². The van der Waals surface area contributed by atoms with Gasteiger partial charge >= 0.3 is 0 Å². The van der Waals surface area contributed by atoms with Gasteiger partial charge in [-0.2, -0.15) is 0 Å². The summed E-state index contributed by atoms with van der Waals surface area (Å²) in [4.78, 5) is 4.07. The van der Waals surface area contributed by atoms with Gasteiger partial charge in [0.15, 0.2) is 0 Å². The largest absolute Gasteiger partial charge is 0.313 e. The second-order valence-electron chi connectivity index (χ2n) is 6.35. The lowest BCUT2D eigenvalue weighted by molar-refractivity contribution is 0.414. The molecule has 0 unspecified atom stereocenters. The van der Waals surface area contributed by atoms with E-state index in [-0.39, 0.29) is 10.9 Å². The van der Waals surface area contributed by atoms with Crippen LogP contribution in [0.25, 0.3) is 0 Å². The van der Waals surface area contributed by atoms with E-state index in [0.717, 1.165) is 17.2 Å². The molecule has 0 bridgehead atoms. The van der Waals surface area contributed by atoms with Crippen molar-refractivity contribution in [2.24, 2.45) is 0 Å². The zero-order valence-corrected chi connectivity index (χ0v) is 14.9. The fourth-order valence-corrected chi connectivity index (χ4v) is 4.41. The Kier molecular flexibility index (Phi) is 4.52. The van der Waals surface area contributed by atoms with Crippen LogP contribution in [0.4, 0.5) is 0 Å². The lowest BCUT2D eigenvalue weighted by Crippen LogP contribution is -2.41. The standard InChI is InChI=1S/C18H19N5O2S/c24-26(25,16-7-4-10-19-12-16)22-15-8-9-17-20-21-18(23(17)13-15)11-14-5-2-1-3-6-14/h1-7,10,12,15,22H,8-9,11,13H2/t15-/m1/s1. The predicted molar refractivity (Wildman–Crippen MR) is 95.9 cm³/mol. The molecule has 0 aliphatic carbocycles. The Labute approximate surface area is 152 Å². The molecule has 1 aliphatic heterocycles. The highest BCUT2D eigenvalue weighted by Gasteiger charge is 2.27. The monoisotopic (exact) mass is 369 g/mol. The molecule has 3 aromatic rings. The highest BCUT2D eigenvalue weighted by Crippen LogP contribution is 2.19. The predicted octanol–water partition coefficient (Wildman–Crippen LogP) is 1.56. The van der Waals surface area contributed by atoms with Gasteiger partial charge in [0, 0.05) is 37.8 Å². The van der Waals surface area contributed by atoms with Gasteiger partial charge in [-0.05, 0) is 24.1 Å². The third kappa shape index (κ3) is 3.51. The summed E-state index contributed by atoms with van der Waals surface area (Å²) >= 11 is 0. The molecule has 1 N–H and O–H groups in total. The Balaban J connectivity index is 1.52. The van der Waals surface area contributed by atoms with Crippen LogP contribution < -0.4 is 4.72 Å². The number of aryl methyl sites for hydroxylation is 1. The fraction of sp³-hybridized carbons (Fsp3) is 0.278. The van der Waals surface area contributed by atoms with E-state index in [9.17, 15) is 8.42 Å². The van der Waals surface area contributed by atoms with Crippen molar-refractivity contribution in [2.75, 3.05) is 0 Å². The molecule has 8 heteroatoms. The number of nitrogens with one attached hydrogen (secondary N) is 1. The third-order valence-corrected chi connectivity index (χ3v) is 6.00. The zero-order valence-electron chi connectivity index (χ0n) is 14.1. The van der Waals surface area contributed by atoms with Crippen LogP contribution in [0.5, 0.6) is 0 Å². The molecule has 1 atom stereocenters. The first kappa shape index (κ1) is 16.9. The second kappa shape index (κ2) is 6.97. The van der Waals surface area contributed by atoms with E-state index in [4.69, 9.17) is 0 Å². The van der Waals surface area contributed by atoms with Gasteiger partial charge in [0.1, 0.15) is 16.5 Å². The van der Waals surface area contributed by atoms with Crippen molar-refractivity contribution in [3.05, 3.63) is 72.1 Å². The van der Waals surface area contributed by atoms with Gasteiger partial charge in [-0.1, -0.05) is 30.3 Å². The zero-order chi connectivity index (χ0) is 18.0. The van der Waals surface area contributed by atoms with Crippen molar-refractivity contribution >= 4 is 10.0 Å². The molecule has 0 saturated carbocycles. The summed E-state index contributed by atoms with van der Waals surface area (Å²) < 4.78 is 29.9. The summed E-state index contributed by atoms with van der Waals surface area (Å²) in [6, 6.07) is 13.0. The lowest BCUT2D eigenvalue weighted by atomic mass is 10.1. The Morgan fingerprint density at radius 3 is 2.73 bits per heavy atom.